The molecule has 0 radical (unpaired) electrons. The summed E-state index contributed by atoms with van der Waals surface area (Å²) < 4.78 is 50.9. The molecule has 1 fully saturated rings. The molecule has 0 atom stereocenters. The molecular formula is C18H10ClF4NO2S. The van der Waals surface area contributed by atoms with E-state index in [-0.39, 0.29) is 16.5 Å². The molecule has 27 heavy (non-hydrogen) atoms. The summed E-state index contributed by atoms with van der Waals surface area (Å²) in [7, 11) is 0. The number of hydrogen-bond donors (Lipinski definition) is 0. The second-order valence-electron chi connectivity index (χ2n) is 5.62. The maximum atomic E-state index is 13.1. The molecule has 0 unspecified atom stereocenters. The van der Waals surface area contributed by atoms with Crippen molar-refractivity contribution >= 4 is 40.6 Å². The first kappa shape index (κ1) is 19.4. The molecule has 0 aliphatic carbocycles. The normalized spacial score (nSPS) is 16.5. The highest BCUT2D eigenvalue weighted by Crippen LogP contribution is 2.35. The molecule has 3 nitrogen and oxygen atoms in total. The molecule has 3 rings (SSSR count). The fourth-order valence-electron chi connectivity index (χ4n) is 2.38. The van der Waals surface area contributed by atoms with E-state index in [0.717, 1.165) is 23.1 Å². The predicted octanol–water partition coefficient (Wildman–Crippen LogP) is 5.73. The minimum atomic E-state index is -4.45. The fraction of sp³-hybridized carbons (Fsp3) is 0.111. The Bertz CT molecular complexity index is 941. The molecule has 1 aliphatic rings. The number of imide groups is 1. The van der Waals surface area contributed by atoms with E-state index in [2.05, 4.69) is 0 Å². The molecule has 140 valence electrons. The van der Waals surface area contributed by atoms with E-state index < -0.39 is 28.7 Å². The minimum Gasteiger partial charge on any atom is -0.268 e. The largest absolute Gasteiger partial charge is 0.416 e. The SMILES string of the molecule is O=C1S/C(=C\c2ccc(C(F)(F)F)cc2)C(=O)N1Cc1ccc(F)cc1Cl. The van der Waals surface area contributed by atoms with Crippen molar-refractivity contribution in [2.45, 2.75) is 12.7 Å². The summed E-state index contributed by atoms with van der Waals surface area (Å²) in [5.41, 5.74) is -0.0526. The molecule has 1 heterocycles. The van der Waals surface area contributed by atoms with Gasteiger partial charge in [0.05, 0.1) is 17.0 Å². The van der Waals surface area contributed by atoms with Crippen molar-refractivity contribution in [2.75, 3.05) is 0 Å². The number of rotatable bonds is 3. The van der Waals surface area contributed by atoms with Crippen LogP contribution in [0.15, 0.2) is 47.4 Å². The lowest BCUT2D eigenvalue weighted by Crippen LogP contribution is -2.27. The van der Waals surface area contributed by atoms with E-state index in [1.165, 1.54) is 30.3 Å². The first-order valence-corrected chi connectivity index (χ1v) is 8.71. The number of amides is 2. The van der Waals surface area contributed by atoms with E-state index in [9.17, 15) is 27.2 Å². The molecule has 9 heteroatoms. The second kappa shape index (κ2) is 7.36. The molecule has 0 saturated carbocycles. The Morgan fingerprint density at radius 1 is 1.07 bits per heavy atom. The highest BCUT2D eigenvalue weighted by molar-refractivity contribution is 8.18. The van der Waals surface area contributed by atoms with Gasteiger partial charge in [-0.1, -0.05) is 29.8 Å². The van der Waals surface area contributed by atoms with Crippen LogP contribution in [0.1, 0.15) is 16.7 Å². The van der Waals surface area contributed by atoms with Gasteiger partial charge in [-0.2, -0.15) is 13.2 Å². The van der Waals surface area contributed by atoms with Crippen LogP contribution in [0, 0.1) is 5.82 Å². The average Bonchev–Trinajstić information content (AvgIpc) is 2.84. The standard InChI is InChI=1S/C18H10ClF4NO2S/c19-14-8-13(20)6-3-11(14)9-24-16(25)15(27-17(24)26)7-10-1-4-12(5-2-10)18(21,22)23/h1-8H,9H2/b15-7-. The first-order valence-electron chi connectivity index (χ1n) is 7.52. The Labute approximate surface area is 160 Å². The van der Waals surface area contributed by atoms with E-state index in [4.69, 9.17) is 11.6 Å². The zero-order valence-electron chi connectivity index (χ0n) is 13.4. The van der Waals surface area contributed by atoms with Crippen LogP contribution in [-0.2, 0) is 17.5 Å². The van der Waals surface area contributed by atoms with E-state index in [0.29, 0.717) is 22.9 Å². The Morgan fingerprint density at radius 3 is 2.33 bits per heavy atom. The van der Waals surface area contributed by atoms with Gasteiger partial charge in [-0.25, -0.2) is 4.39 Å². The Morgan fingerprint density at radius 2 is 1.74 bits per heavy atom. The topological polar surface area (TPSA) is 37.4 Å². The lowest BCUT2D eigenvalue weighted by atomic mass is 10.1. The van der Waals surface area contributed by atoms with Crippen LogP contribution >= 0.6 is 23.4 Å². The molecule has 1 aliphatic heterocycles. The molecule has 2 aromatic rings. The summed E-state index contributed by atoms with van der Waals surface area (Å²) in [4.78, 5) is 25.6. The Kier molecular flexibility index (Phi) is 5.30. The summed E-state index contributed by atoms with van der Waals surface area (Å²) in [5, 5.41) is -0.459. The highest BCUT2D eigenvalue weighted by Gasteiger charge is 2.35. The number of benzene rings is 2. The van der Waals surface area contributed by atoms with Gasteiger partial charge >= 0.3 is 6.18 Å². The molecule has 0 N–H and O–H groups in total. The van der Waals surface area contributed by atoms with Crippen molar-refractivity contribution < 1.29 is 27.2 Å². The molecule has 0 aromatic heterocycles. The van der Waals surface area contributed by atoms with Gasteiger partial charge in [0.1, 0.15) is 5.82 Å². The number of carbonyl (C=O) groups is 2. The van der Waals surface area contributed by atoms with Crippen LogP contribution in [0.4, 0.5) is 22.4 Å². The van der Waals surface area contributed by atoms with Crippen LogP contribution in [0.2, 0.25) is 5.02 Å². The smallest absolute Gasteiger partial charge is 0.268 e. The van der Waals surface area contributed by atoms with Crippen LogP contribution in [0.25, 0.3) is 6.08 Å². The van der Waals surface area contributed by atoms with Gasteiger partial charge in [-0.3, -0.25) is 14.5 Å². The first-order chi connectivity index (χ1) is 12.6. The monoisotopic (exact) mass is 415 g/mol. The van der Waals surface area contributed by atoms with Crippen LogP contribution in [0.3, 0.4) is 0 Å². The number of thioether (sulfide) groups is 1. The summed E-state index contributed by atoms with van der Waals surface area (Å²) in [6, 6.07) is 7.84. The third-order valence-corrected chi connectivity index (χ3v) is 5.01. The van der Waals surface area contributed by atoms with Gasteiger partial charge in [0.2, 0.25) is 0 Å². The molecular weight excluding hydrogens is 406 g/mol. The van der Waals surface area contributed by atoms with Crippen LogP contribution < -0.4 is 0 Å². The molecule has 0 spiro atoms. The van der Waals surface area contributed by atoms with E-state index >= 15 is 0 Å². The Balaban J connectivity index is 1.80. The lowest BCUT2D eigenvalue weighted by Gasteiger charge is -2.13. The lowest BCUT2D eigenvalue weighted by molar-refractivity contribution is -0.137. The van der Waals surface area contributed by atoms with E-state index in [1.807, 2.05) is 0 Å². The summed E-state index contributed by atoms with van der Waals surface area (Å²) in [6.45, 7) is -0.131. The predicted molar refractivity (Wildman–Crippen MR) is 94.4 cm³/mol. The van der Waals surface area contributed by atoms with Gasteiger partial charge in [0.25, 0.3) is 11.1 Å². The van der Waals surface area contributed by atoms with Crippen molar-refractivity contribution in [3.63, 3.8) is 0 Å². The minimum absolute atomic E-state index is 0.0815. The number of halogens is 5. The van der Waals surface area contributed by atoms with Gasteiger partial charge in [-0.15, -0.1) is 0 Å². The van der Waals surface area contributed by atoms with Crippen molar-refractivity contribution in [3.8, 4) is 0 Å². The number of carbonyl (C=O) groups excluding carboxylic acids is 2. The summed E-state index contributed by atoms with van der Waals surface area (Å²) >= 11 is 6.59. The van der Waals surface area contributed by atoms with Crippen molar-refractivity contribution in [3.05, 3.63) is 74.9 Å². The molecule has 0 bridgehead atoms. The number of hydrogen-bond acceptors (Lipinski definition) is 3. The quantitative estimate of drug-likeness (QED) is 0.474. The molecule has 2 amide bonds. The van der Waals surface area contributed by atoms with E-state index in [1.54, 1.807) is 0 Å². The second-order valence-corrected chi connectivity index (χ2v) is 7.02. The van der Waals surface area contributed by atoms with Crippen molar-refractivity contribution in [1.82, 2.24) is 4.90 Å². The Hall–Kier alpha value is -2.32. The number of nitrogens with zero attached hydrogens (tertiary/aromatic N) is 1. The maximum absolute atomic E-state index is 13.1. The van der Waals surface area contributed by atoms with Gasteiger partial charge in [0.15, 0.2) is 0 Å². The summed E-state index contributed by atoms with van der Waals surface area (Å²) in [6.07, 6.45) is -3.11. The average molecular weight is 416 g/mol. The fourth-order valence-corrected chi connectivity index (χ4v) is 3.44. The van der Waals surface area contributed by atoms with Crippen LogP contribution in [-0.4, -0.2) is 16.0 Å². The maximum Gasteiger partial charge on any atom is 0.416 e. The van der Waals surface area contributed by atoms with Gasteiger partial charge in [0, 0.05) is 5.02 Å². The summed E-state index contributed by atoms with van der Waals surface area (Å²) in [5.74, 6) is -1.13. The third-order valence-electron chi connectivity index (χ3n) is 3.75. The van der Waals surface area contributed by atoms with Gasteiger partial charge in [-0.05, 0) is 53.2 Å². The zero-order valence-corrected chi connectivity index (χ0v) is 15.0. The molecule has 1 saturated heterocycles. The highest BCUT2D eigenvalue weighted by atomic mass is 35.5. The van der Waals surface area contributed by atoms with Crippen LogP contribution in [0.5, 0.6) is 0 Å². The molecule has 2 aromatic carbocycles. The number of alkyl halides is 3. The third kappa shape index (κ3) is 4.33. The van der Waals surface area contributed by atoms with Crippen molar-refractivity contribution in [1.29, 1.82) is 0 Å². The van der Waals surface area contributed by atoms with Crippen molar-refractivity contribution in [2.24, 2.45) is 0 Å². The van der Waals surface area contributed by atoms with Gasteiger partial charge < -0.3 is 0 Å². The zero-order chi connectivity index (χ0) is 19.8.